The average molecular weight is 405 g/mol. The normalized spacial score (nSPS) is 17.9. The topological polar surface area (TPSA) is 95.2 Å². The number of anilines is 2. The van der Waals surface area contributed by atoms with Gasteiger partial charge in [-0.2, -0.15) is 9.97 Å². The summed E-state index contributed by atoms with van der Waals surface area (Å²) in [5, 5.41) is 1.18. The number of hydrogen-bond donors (Lipinski definition) is 2. The van der Waals surface area contributed by atoms with Crippen molar-refractivity contribution in [1.82, 2.24) is 24.9 Å². The summed E-state index contributed by atoms with van der Waals surface area (Å²) < 4.78 is 11.0. The molecule has 0 saturated carbocycles. The second-order valence-electron chi connectivity index (χ2n) is 7.61. The molecule has 4 aromatic rings. The third-order valence-corrected chi connectivity index (χ3v) is 5.75. The van der Waals surface area contributed by atoms with Gasteiger partial charge in [-0.25, -0.2) is 4.98 Å². The zero-order valence-electron chi connectivity index (χ0n) is 16.6. The minimum atomic E-state index is 0.689. The van der Waals surface area contributed by atoms with Gasteiger partial charge in [0.05, 0.1) is 26.4 Å². The van der Waals surface area contributed by atoms with E-state index in [1.54, 1.807) is 0 Å². The second-order valence-corrected chi connectivity index (χ2v) is 7.61. The van der Waals surface area contributed by atoms with Crippen LogP contribution in [-0.4, -0.2) is 77.5 Å². The summed E-state index contributed by atoms with van der Waals surface area (Å²) in [6.45, 7) is 5.96. The molecule has 2 aliphatic heterocycles. The molecule has 6 rings (SSSR count). The first kappa shape index (κ1) is 17.7. The van der Waals surface area contributed by atoms with Crippen LogP contribution in [-0.2, 0) is 9.47 Å². The third-order valence-electron chi connectivity index (χ3n) is 5.75. The monoisotopic (exact) mass is 405 g/mol. The SMILES string of the molecule is c1cc2ccc(-c3nc4nc(N5CCOCC5)nc(N5CCOCC5)c4[nH]3)cc2[nH]1. The zero-order valence-corrected chi connectivity index (χ0v) is 16.6. The van der Waals surface area contributed by atoms with E-state index in [4.69, 9.17) is 24.4 Å². The van der Waals surface area contributed by atoms with Crippen molar-refractivity contribution in [3.8, 4) is 11.4 Å². The lowest BCUT2D eigenvalue weighted by Gasteiger charge is -2.30. The fourth-order valence-corrected chi connectivity index (χ4v) is 4.11. The van der Waals surface area contributed by atoms with Crippen LogP contribution in [0.2, 0.25) is 0 Å². The molecule has 154 valence electrons. The summed E-state index contributed by atoms with van der Waals surface area (Å²) in [6.07, 6.45) is 1.95. The van der Waals surface area contributed by atoms with Gasteiger partial charge in [0.15, 0.2) is 11.5 Å². The Hall–Kier alpha value is -3.17. The van der Waals surface area contributed by atoms with Crippen molar-refractivity contribution in [2.45, 2.75) is 0 Å². The predicted molar refractivity (Wildman–Crippen MR) is 115 cm³/mol. The number of ether oxygens (including phenoxy) is 2. The highest BCUT2D eigenvalue weighted by molar-refractivity contribution is 5.89. The van der Waals surface area contributed by atoms with Crippen molar-refractivity contribution in [3.05, 3.63) is 30.5 Å². The molecular formula is C21H23N7O2. The molecule has 0 aliphatic carbocycles. The summed E-state index contributed by atoms with van der Waals surface area (Å²) in [6, 6.07) is 8.35. The van der Waals surface area contributed by atoms with Crippen LogP contribution in [0.15, 0.2) is 30.5 Å². The van der Waals surface area contributed by atoms with Crippen molar-refractivity contribution in [2.75, 3.05) is 62.4 Å². The summed E-state index contributed by atoms with van der Waals surface area (Å²) in [4.78, 5) is 25.8. The molecular weight excluding hydrogens is 382 g/mol. The summed E-state index contributed by atoms with van der Waals surface area (Å²) in [7, 11) is 0. The van der Waals surface area contributed by atoms with Gasteiger partial charge < -0.3 is 29.2 Å². The largest absolute Gasteiger partial charge is 0.378 e. The second kappa shape index (κ2) is 7.26. The molecule has 9 heteroatoms. The lowest BCUT2D eigenvalue weighted by molar-refractivity contribution is 0.121. The standard InChI is InChI=1S/C21H23N7O2/c1-2-15(13-16-14(1)3-4-22-16)18-23-17-19(24-18)25-21(28-7-11-30-12-8-28)26-20(17)27-5-9-29-10-6-27/h1-4,13,22H,5-12H2,(H,23,24,25,26). The Morgan fingerprint density at radius 1 is 0.833 bits per heavy atom. The number of aromatic amines is 2. The maximum Gasteiger partial charge on any atom is 0.229 e. The molecule has 0 unspecified atom stereocenters. The van der Waals surface area contributed by atoms with E-state index in [1.165, 1.54) is 5.39 Å². The van der Waals surface area contributed by atoms with Gasteiger partial charge >= 0.3 is 0 Å². The van der Waals surface area contributed by atoms with Crippen molar-refractivity contribution >= 4 is 33.8 Å². The summed E-state index contributed by atoms with van der Waals surface area (Å²) in [5.41, 5.74) is 3.66. The van der Waals surface area contributed by atoms with Crippen LogP contribution >= 0.6 is 0 Å². The van der Waals surface area contributed by atoms with Gasteiger partial charge in [0.1, 0.15) is 11.3 Å². The number of hydrogen-bond acceptors (Lipinski definition) is 7. The van der Waals surface area contributed by atoms with E-state index in [0.717, 1.165) is 54.4 Å². The van der Waals surface area contributed by atoms with Gasteiger partial charge in [-0.15, -0.1) is 0 Å². The van der Waals surface area contributed by atoms with Crippen molar-refractivity contribution in [3.63, 3.8) is 0 Å². The maximum atomic E-state index is 5.55. The third kappa shape index (κ3) is 3.06. The molecule has 9 nitrogen and oxygen atoms in total. The zero-order chi connectivity index (χ0) is 19.9. The minimum Gasteiger partial charge on any atom is -0.378 e. The number of nitrogens with one attached hydrogen (secondary N) is 2. The van der Waals surface area contributed by atoms with E-state index in [0.29, 0.717) is 38.0 Å². The first-order valence-corrected chi connectivity index (χ1v) is 10.4. The minimum absolute atomic E-state index is 0.689. The van der Waals surface area contributed by atoms with Crippen molar-refractivity contribution < 1.29 is 9.47 Å². The van der Waals surface area contributed by atoms with E-state index in [2.05, 4.69) is 44.0 Å². The number of benzene rings is 1. The highest BCUT2D eigenvalue weighted by Crippen LogP contribution is 2.30. The van der Waals surface area contributed by atoms with Gasteiger partial charge in [-0.1, -0.05) is 12.1 Å². The number of imidazole rings is 1. The molecule has 3 aromatic heterocycles. The fourth-order valence-electron chi connectivity index (χ4n) is 4.11. The molecule has 2 fully saturated rings. The number of fused-ring (bicyclic) bond motifs is 2. The molecule has 2 N–H and O–H groups in total. The smallest absolute Gasteiger partial charge is 0.229 e. The summed E-state index contributed by atoms with van der Waals surface area (Å²) >= 11 is 0. The molecule has 2 aliphatic rings. The Labute approximate surface area is 173 Å². The van der Waals surface area contributed by atoms with Gasteiger partial charge in [0, 0.05) is 43.5 Å². The molecule has 0 atom stereocenters. The number of H-pyrrole nitrogens is 2. The molecule has 5 heterocycles. The molecule has 1 aromatic carbocycles. The lowest BCUT2D eigenvalue weighted by Crippen LogP contribution is -2.39. The number of nitrogens with zero attached hydrogens (tertiary/aromatic N) is 5. The van der Waals surface area contributed by atoms with Crippen LogP contribution in [0.3, 0.4) is 0 Å². The van der Waals surface area contributed by atoms with Gasteiger partial charge in [-0.3, -0.25) is 0 Å². The molecule has 0 spiro atoms. The van der Waals surface area contributed by atoms with E-state index < -0.39 is 0 Å². The van der Waals surface area contributed by atoms with Crippen LogP contribution in [0.25, 0.3) is 33.5 Å². The van der Waals surface area contributed by atoms with Crippen LogP contribution in [0.4, 0.5) is 11.8 Å². The first-order valence-electron chi connectivity index (χ1n) is 10.4. The first-order chi connectivity index (χ1) is 14.8. The van der Waals surface area contributed by atoms with Crippen molar-refractivity contribution in [1.29, 1.82) is 0 Å². The Morgan fingerprint density at radius 3 is 2.40 bits per heavy atom. The molecule has 30 heavy (non-hydrogen) atoms. The Kier molecular flexibility index (Phi) is 4.28. The lowest BCUT2D eigenvalue weighted by atomic mass is 10.1. The quantitative estimate of drug-likeness (QED) is 0.539. The van der Waals surface area contributed by atoms with Crippen LogP contribution in [0.5, 0.6) is 0 Å². The molecule has 2 saturated heterocycles. The Bertz CT molecular complexity index is 1190. The van der Waals surface area contributed by atoms with E-state index >= 15 is 0 Å². The maximum absolute atomic E-state index is 5.55. The number of aromatic nitrogens is 5. The highest BCUT2D eigenvalue weighted by Gasteiger charge is 2.23. The molecule has 0 bridgehead atoms. The molecule has 0 amide bonds. The van der Waals surface area contributed by atoms with E-state index in [9.17, 15) is 0 Å². The van der Waals surface area contributed by atoms with Crippen LogP contribution in [0, 0.1) is 0 Å². The predicted octanol–water partition coefficient (Wildman–Crippen LogP) is 2.17. The van der Waals surface area contributed by atoms with Crippen LogP contribution < -0.4 is 9.80 Å². The highest BCUT2D eigenvalue weighted by atomic mass is 16.5. The van der Waals surface area contributed by atoms with Gasteiger partial charge in [-0.05, 0) is 17.5 Å². The van der Waals surface area contributed by atoms with Gasteiger partial charge in [0.25, 0.3) is 0 Å². The van der Waals surface area contributed by atoms with E-state index in [-0.39, 0.29) is 0 Å². The number of morpholine rings is 2. The summed E-state index contributed by atoms with van der Waals surface area (Å²) in [5.74, 6) is 2.40. The van der Waals surface area contributed by atoms with E-state index in [1.807, 2.05) is 6.20 Å². The van der Waals surface area contributed by atoms with Gasteiger partial charge in [0.2, 0.25) is 5.95 Å². The Morgan fingerprint density at radius 2 is 1.60 bits per heavy atom. The Balaban J connectivity index is 1.47. The van der Waals surface area contributed by atoms with Crippen LogP contribution in [0.1, 0.15) is 0 Å². The number of rotatable bonds is 3. The molecule has 0 radical (unpaired) electrons. The van der Waals surface area contributed by atoms with Crippen molar-refractivity contribution in [2.24, 2.45) is 0 Å². The average Bonchev–Trinajstić information content (AvgIpc) is 3.46. The fraction of sp³-hybridized carbons (Fsp3) is 0.381.